The SMILES string of the molecule is CCCS(=O)(=O)Nc1cccc(NC(=O)COc2cc(C)c(Cl)cc2C(C)C)c1C. The van der Waals surface area contributed by atoms with Crippen molar-refractivity contribution in [1.29, 1.82) is 0 Å². The van der Waals surface area contributed by atoms with Crippen LogP contribution in [0.15, 0.2) is 30.3 Å². The van der Waals surface area contributed by atoms with Crippen LogP contribution in [-0.2, 0) is 14.8 Å². The summed E-state index contributed by atoms with van der Waals surface area (Å²) in [5.41, 5.74) is 3.41. The van der Waals surface area contributed by atoms with E-state index in [9.17, 15) is 13.2 Å². The highest BCUT2D eigenvalue weighted by Crippen LogP contribution is 2.32. The van der Waals surface area contributed by atoms with Crippen molar-refractivity contribution in [3.8, 4) is 5.75 Å². The molecular formula is C22H29ClN2O4S. The summed E-state index contributed by atoms with van der Waals surface area (Å²) in [6.45, 7) is 9.32. The highest BCUT2D eigenvalue weighted by molar-refractivity contribution is 7.92. The Morgan fingerprint density at radius 1 is 1.17 bits per heavy atom. The molecule has 0 spiro atoms. The maximum Gasteiger partial charge on any atom is 0.262 e. The second-order valence-corrected chi connectivity index (χ2v) is 9.78. The Kier molecular flexibility index (Phi) is 8.15. The van der Waals surface area contributed by atoms with Crippen molar-refractivity contribution in [2.45, 2.75) is 47.0 Å². The molecule has 6 nitrogen and oxygen atoms in total. The molecule has 0 radical (unpaired) electrons. The van der Waals surface area contributed by atoms with E-state index in [0.29, 0.717) is 34.1 Å². The van der Waals surface area contributed by atoms with Gasteiger partial charge in [-0.3, -0.25) is 9.52 Å². The predicted octanol–water partition coefficient (Wildman–Crippen LogP) is 5.25. The van der Waals surface area contributed by atoms with Crippen molar-refractivity contribution in [1.82, 2.24) is 0 Å². The van der Waals surface area contributed by atoms with E-state index >= 15 is 0 Å². The molecule has 0 heterocycles. The Labute approximate surface area is 184 Å². The third-order valence-corrected chi connectivity index (χ3v) is 6.50. The van der Waals surface area contributed by atoms with Crippen LogP contribution in [-0.4, -0.2) is 26.7 Å². The standard InChI is InChI=1S/C22H29ClN2O4S/c1-6-10-30(27,28)25-20-9-7-8-19(16(20)5)24-22(26)13-29-21-11-15(4)18(23)12-17(21)14(2)3/h7-9,11-12,14,25H,6,10,13H2,1-5H3,(H,24,26). The summed E-state index contributed by atoms with van der Waals surface area (Å²) >= 11 is 6.21. The molecule has 1 amide bonds. The minimum Gasteiger partial charge on any atom is -0.483 e. The van der Waals surface area contributed by atoms with E-state index < -0.39 is 10.0 Å². The van der Waals surface area contributed by atoms with Gasteiger partial charge in [0.05, 0.1) is 11.4 Å². The van der Waals surface area contributed by atoms with Crippen LogP contribution in [0, 0.1) is 13.8 Å². The Morgan fingerprint density at radius 3 is 2.47 bits per heavy atom. The molecule has 0 atom stereocenters. The summed E-state index contributed by atoms with van der Waals surface area (Å²) in [5.74, 6) is 0.514. The molecule has 0 aliphatic carbocycles. The first-order valence-corrected chi connectivity index (χ1v) is 11.9. The second kappa shape index (κ2) is 10.2. The minimum atomic E-state index is -3.42. The van der Waals surface area contributed by atoms with Crippen molar-refractivity contribution in [2.75, 3.05) is 22.4 Å². The maximum atomic E-state index is 12.5. The molecule has 0 unspecified atom stereocenters. The van der Waals surface area contributed by atoms with Gasteiger partial charge >= 0.3 is 0 Å². The number of anilines is 2. The van der Waals surface area contributed by atoms with E-state index in [1.54, 1.807) is 32.0 Å². The monoisotopic (exact) mass is 452 g/mol. The Balaban J connectivity index is 2.11. The average molecular weight is 453 g/mol. The van der Waals surface area contributed by atoms with Gasteiger partial charge in [-0.2, -0.15) is 0 Å². The minimum absolute atomic E-state index is 0.0373. The maximum absolute atomic E-state index is 12.5. The molecule has 2 N–H and O–H groups in total. The van der Waals surface area contributed by atoms with E-state index in [2.05, 4.69) is 10.0 Å². The first-order valence-electron chi connectivity index (χ1n) is 9.86. The molecule has 30 heavy (non-hydrogen) atoms. The van der Waals surface area contributed by atoms with Gasteiger partial charge in [-0.15, -0.1) is 0 Å². The number of benzene rings is 2. The fraction of sp³-hybridized carbons (Fsp3) is 0.409. The van der Waals surface area contributed by atoms with Crippen LogP contribution in [0.1, 0.15) is 49.8 Å². The van der Waals surface area contributed by atoms with Crippen LogP contribution in [0.25, 0.3) is 0 Å². The quantitative estimate of drug-likeness (QED) is 0.544. The van der Waals surface area contributed by atoms with Crippen LogP contribution >= 0.6 is 11.6 Å². The fourth-order valence-electron chi connectivity index (χ4n) is 2.95. The summed E-state index contributed by atoms with van der Waals surface area (Å²) in [4.78, 5) is 12.5. The van der Waals surface area contributed by atoms with Gasteiger partial charge in [-0.25, -0.2) is 8.42 Å². The molecule has 0 fully saturated rings. The third-order valence-electron chi connectivity index (χ3n) is 4.62. The number of rotatable bonds is 9. The number of carbonyl (C=O) groups excluding carboxylic acids is 1. The van der Waals surface area contributed by atoms with E-state index in [0.717, 1.165) is 11.1 Å². The van der Waals surface area contributed by atoms with Gasteiger partial charge in [0.1, 0.15) is 5.75 Å². The largest absolute Gasteiger partial charge is 0.483 e. The van der Waals surface area contributed by atoms with E-state index in [1.807, 2.05) is 32.9 Å². The number of sulfonamides is 1. The van der Waals surface area contributed by atoms with Crippen molar-refractivity contribution in [3.05, 3.63) is 52.0 Å². The normalized spacial score (nSPS) is 11.4. The molecule has 2 aromatic carbocycles. The Morgan fingerprint density at radius 2 is 1.83 bits per heavy atom. The molecule has 0 aliphatic heterocycles. The summed E-state index contributed by atoms with van der Waals surface area (Å²) in [6.07, 6.45) is 0.519. The Hall–Kier alpha value is -2.25. The third kappa shape index (κ3) is 6.37. The zero-order chi connectivity index (χ0) is 22.5. The van der Waals surface area contributed by atoms with Gasteiger partial charge < -0.3 is 10.1 Å². The number of amides is 1. The molecule has 8 heteroatoms. The molecule has 164 valence electrons. The lowest BCUT2D eigenvalue weighted by Gasteiger charge is -2.17. The smallest absolute Gasteiger partial charge is 0.262 e. The zero-order valence-electron chi connectivity index (χ0n) is 18.0. The summed E-state index contributed by atoms with van der Waals surface area (Å²) in [7, 11) is -3.42. The molecule has 0 bridgehead atoms. The van der Waals surface area contributed by atoms with Gasteiger partial charge in [-0.05, 0) is 67.1 Å². The highest BCUT2D eigenvalue weighted by atomic mass is 35.5. The lowest BCUT2D eigenvalue weighted by atomic mass is 10.0. The number of aryl methyl sites for hydroxylation is 1. The molecule has 0 saturated heterocycles. The number of hydrogen-bond donors (Lipinski definition) is 2. The molecular weight excluding hydrogens is 424 g/mol. The van der Waals surface area contributed by atoms with Gasteiger partial charge in [0.15, 0.2) is 6.61 Å². The average Bonchev–Trinajstić information content (AvgIpc) is 2.65. The first-order chi connectivity index (χ1) is 14.0. The highest BCUT2D eigenvalue weighted by Gasteiger charge is 2.15. The Bertz CT molecular complexity index is 1020. The summed E-state index contributed by atoms with van der Waals surface area (Å²) in [6, 6.07) is 8.77. The summed E-state index contributed by atoms with van der Waals surface area (Å²) in [5, 5.41) is 3.45. The second-order valence-electron chi connectivity index (χ2n) is 7.53. The number of hydrogen-bond acceptors (Lipinski definition) is 4. The topological polar surface area (TPSA) is 84.5 Å². The van der Waals surface area contributed by atoms with Crippen LogP contribution in [0.2, 0.25) is 5.02 Å². The fourth-order valence-corrected chi connectivity index (χ4v) is 4.31. The van der Waals surface area contributed by atoms with Crippen LogP contribution in [0.5, 0.6) is 5.75 Å². The van der Waals surface area contributed by atoms with Crippen LogP contribution in [0.3, 0.4) is 0 Å². The molecule has 0 aromatic heterocycles. The first kappa shape index (κ1) is 24.0. The lowest BCUT2D eigenvalue weighted by molar-refractivity contribution is -0.118. The van der Waals surface area contributed by atoms with Crippen molar-refractivity contribution in [3.63, 3.8) is 0 Å². The zero-order valence-corrected chi connectivity index (χ0v) is 19.6. The summed E-state index contributed by atoms with van der Waals surface area (Å²) < 4.78 is 32.4. The van der Waals surface area contributed by atoms with Gasteiger partial charge in [0.2, 0.25) is 10.0 Å². The predicted molar refractivity (Wildman–Crippen MR) is 123 cm³/mol. The number of nitrogens with one attached hydrogen (secondary N) is 2. The van der Waals surface area contributed by atoms with Gasteiger partial charge in [0, 0.05) is 10.7 Å². The van der Waals surface area contributed by atoms with Crippen LogP contribution in [0.4, 0.5) is 11.4 Å². The van der Waals surface area contributed by atoms with Gasteiger partial charge in [-0.1, -0.05) is 38.4 Å². The number of ether oxygens (including phenoxy) is 1. The van der Waals surface area contributed by atoms with E-state index in [4.69, 9.17) is 16.3 Å². The van der Waals surface area contributed by atoms with Gasteiger partial charge in [0.25, 0.3) is 5.91 Å². The molecule has 2 rings (SSSR count). The van der Waals surface area contributed by atoms with Crippen molar-refractivity contribution < 1.29 is 17.9 Å². The van der Waals surface area contributed by atoms with Crippen molar-refractivity contribution >= 4 is 38.9 Å². The van der Waals surface area contributed by atoms with Crippen molar-refractivity contribution in [2.24, 2.45) is 0 Å². The van der Waals surface area contributed by atoms with E-state index in [1.165, 1.54) is 0 Å². The van der Waals surface area contributed by atoms with Crippen LogP contribution < -0.4 is 14.8 Å². The molecule has 0 saturated carbocycles. The molecule has 0 aliphatic rings. The molecule has 2 aromatic rings. The number of carbonyl (C=O) groups is 1. The lowest BCUT2D eigenvalue weighted by Crippen LogP contribution is -2.22. The number of halogens is 1. The van der Waals surface area contributed by atoms with E-state index in [-0.39, 0.29) is 24.2 Å².